The van der Waals surface area contributed by atoms with Gasteiger partial charge in [-0.2, -0.15) is 0 Å². The Morgan fingerprint density at radius 2 is 2.00 bits per heavy atom. The molecule has 0 radical (unpaired) electrons. The van der Waals surface area contributed by atoms with Crippen LogP contribution in [0.25, 0.3) is 31.8 Å². The highest BCUT2D eigenvalue weighted by molar-refractivity contribution is 9.10. The van der Waals surface area contributed by atoms with Crippen LogP contribution in [0.3, 0.4) is 0 Å². The quantitative estimate of drug-likeness (QED) is 0.485. The van der Waals surface area contributed by atoms with E-state index in [1.807, 2.05) is 0 Å². The second kappa shape index (κ2) is 4.43. The van der Waals surface area contributed by atoms with Crippen LogP contribution in [0.4, 0.5) is 0 Å². The normalized spacial score (nSPS) is 11.5. The number of hydrogen-bond acceptors (Lipinski definition) is 2. The van der Waals surface area contributed by atoms with Crippen LogP contribution in [-0.2, 0) is 0 Å². The zero-order valence-corrected chi connectivity index (χ0v) is 13.2. The summed E-state index contributed by atoms with van der Waals surface area (Å²) in [5.41, 5.74) is 3.29. The van der Waals surface area contributed by atoms with Crippen LogP contribution in [0.5, 0.6) is 0 Å². The third-order valence-electron chi connectivity index (χ3n) is 3.40. The molecule has 0 aliphatic carbocycles. The Hall–Kier alpha value is -1.65. The van der Waals surface area contributed by atoms with Crippen molar-refractivity contribution in [2.24, 2.45) is 0 Å². The van der Waals surface area contributed by atoms with Gasteiger partial charge in [-0.15, -0.1) is 11.3 Å². The molecule has 0 saturated carbocycles. The molecule has 98 valence electrons. The molecule has 0 saturated heterocycles. The van der Waals surface area contributed by atoms with E-state index in [9.17, 15) is 0 Å². The molecule has 0 bridgehead atoms. The minimum Gasteiger partial charge on any atom is -0.337 e. The summed E-state index contributed by atoms with van der Waals surface area (Å²) in [5, 5.41) is 1.27. The van der Waals surface area contributed by atoms with E-state index >= 15 is 0 Å². The minimum absolute atomic E-state index is 0.947. The second-order valence-corrected chi connectivity index (χ2v) is 6.85. The molecule has 0 aliphatic rings. The summed E-state index contributed by atoms with van der Waals surface area (Å²) in [6.45, 7) is 2.09. The predicted molar refractivity (Wildman–Crippen MR) is 89.3 cm³/mol. The van der Waals surface area contributed by atoms with Crippen molar-refractivity contribution in [3.63, 3.8) is 0 Å². The Kier molecular flexibility index (Phi) is 2.69. The lowest BCUT2D eigenvalue weighted by Crippen LogP contribution is -1.76. The average molecular weight is 343 g/mol. The van der Waals surface area contributed by atoms with Gasteiger partial charge in [0.2, 0.25) is 0 Å². The lowest BCUT2D eigenvalue weighted by atomic mass is 10.2. The molecule has 4 rings (SSSR count). The molecule has 4 heteroatoms. The number of thiophene rings is 1. The van der Waals surface area contributed by atoms with E-state index in [0.717, 1.165) is 21.3 Å². The smallest absolute Gasteiger partial charge is 0.148 e. The van der Waals surface area contributed by atoms with E-state index in [4.69, 9.17) is 4.98 Å². The van der Waals surface area contributed by atoms with Gasteiger partial charge in [-0.25, -0.2) is 4.98 Å². The number of nitrogens with one attached hydrogen (secondary N) is 1. The van der Waals surface area contributed by atoms with Gasteiger partial charge in [0.15, 0.2) is 0 Å². The summed E-state index contributed by atoms with van der Waals surface area (Å²) in [4.78, 5) is 9.36. The maximum Gasteiger partial charge on any atom is 0.148 e. The summed E-state index contributed by atoms with van der Waals surface area (Å²) < 4.78 is 2.37. The summed E-state index contributed by atoms with van der Waals surface area (Å²) in [5.74, 6) is 0.947. The Morgan fingerprint density at radius 3 is 2.85 bits per heavy atom. The highest BCUT2D eigenvalue weighted by atomic mass is 79.9. The fourth-order valence-electron chi connectivity index (χ4n) is 2.46. The van der Waals surface area contributed by atoms with Gasteiger partial charge in [0.05, 0.1) is 15.9 Å². The van der Waals surface area contributed by atoms with Gasteiger partial charge in [0, 0.05) is 9.17 Å². The molecule has 1 N–H and O–H groups in total. The number of nitrogens with zero attached hydrogens (tertiary/aromatic N) is 1. The number of aromatic nitrogens is 2. The Balaban J connectivity index is 1.95. The zero-order valence-electron chi connectivity index (χ0n) is 10.8. The first-order valence-electron chi connectivity index (χ1n) is 6.35. The molecule has 2 aromatic heterocycles. The van der Waals surface area contributed by atoms with Gasteiger partial charge in [0.1, 0.15) is 5.82 Å². The summed E-state index contributed by atoms with van der Waals surface area (Å²) in [6.07, 6.45) is 0. The molecule has 0 aliphatic heterocycles. The van der Waals surface area contributed by atoms with Crippen molar-refractivity contribution in [2.45, 2.75) is 6.92 Å². The SMILES string of the molecule is Cc1cc(Br)cc2[nH]c(-c3cc4ccccc4s3)nc12. The molecule has 20 heavy (non-hydrogen) atoms. The first-order valence-corrected chi connectivity index (χ1v) is 7.96. The highest BCUT2D eigenvalue weighted by Gasteiger charge is 2.10. The highest BCUT2D eigenvalue weighted by Crippen LogP contribution is 2.33. The first kappa shape index (κ1) is 12.1. The molecule has 0 fully saturated rings. The maximum absolute atomic E-state index is 4.75. The zero-order chi connectivity index (χ0) is 13.7. The third-order valence-corrected chi connectivity index (χ3v) is 4.98. The van der Waals surface area contributed by atoms with E-state index < -0.39 is 0 Å². The number of imidazole rings is 1. The topological polar surface area (TPSA) is 28.7 Å². The largest absolute Gasteiger partial charge is 0.337 e. The van der Waals surface area contributed by atoms with Crippen molar-refractivity contribution < 1.29 is 0 Å². The maximum atomic E-state index is 4.75. The van der Waals surface area contributed by atoms with Gasteiger partial charge >= 0.3 is 0 Å². The van der Waals surface area contributed by atoms with Gasteiger partial charge in [-0.1, -0.05) is 34.1 Å². The lowest BCUT2D eigenvalue weighted by molar-refractivity contribution is 1.35. The second-order valence-electron chi connectivity index (χ2n) is 4.85. The molecule has 0 unspecified atom stereocenters. The Bertz CT molecular complexity index is 903. The van der Waals surface area contributed by atoms with Gasteiger partial charge in [0.25, 0.3) is 0 Å². The van der Waals surface area contributed by atoms with Gasteiger partial charge in [-0.3, -0.25) is 0 Å². The van der Waals surface area contributed by atoms with Crippen molar-refractivity contribution in [2.75, 3.05) is 0 Å². The molecular weight excluding hydrogens is 332 g/mol. The fraction of sp³-hybridized carbons (Fsp3) is 0.0625. The van der Waals surface area contributed by atoms with E-state index in [2.05, 4.69) is 70.3 Å². The number of halogens is 1. The van der Waals surface area contributed by atoms with Crippen LogP contribution in [0.2, 0.25) is 0 Å². The number of hydrogen-bond donors (Lipinski definition) is 1. The van der Waals surface area contributed by atoms with E-state index in [1.54, 1.807) is 11.3 Å². The van der Waals surface area contributed by atoms with E-state index in [0.29, 0.717) is 0 Å². The molecule has 4 aromatic rings. The van der Waals surface area contributed by atoms with E-state index in [1.165, 1.54) is 20.5 Å². The van der Waals surface area contributed by atoms with Gasteiger partial charge in [-0.05, 0) is 42.1 Å². The molecule has 0 amide bonds. The molecule has 0 spiro atoms. The van der Waals surface area contributed by atoms with E-state index in [-0.39, 0.29) is 0 Å². The predicted octanol–water partition coefficient (Wildman–Crippen LogP) is 5.52. The summed E-state index contributed by atoms with van der Waals surface area (Å²) >= 11 is 5.30. The minimum atomic E-state index is 0.947. The molecule has 2 nitrogen and oxygen atoms in total. The van der Waals surface area contributed by atoms with Crippen molar-refractivity contribution >= 4 is 48.4 Å². The van der Waals surface area contributed by atoms with Crippen LogP contribution in [0.15, 0.2) is 46.9 Å². The summed E-state index contributed by atoms with van der Waals surface area (Å²) in [6, 6.07) is 14.8. The molecule has 2 aromatic carbocycles. The van der Waals surface area contributed by atoms with Crippen LogP contribution >= 0.6 is 27.3 Å². The number of aromatic amines is 1. The number of rotatable bonds is 1. The number of fused-ring (bicyclic) bond motifs is 2. The average Bonchev–Trinajstić information content (AvgIpc) is 3.01. The van der Waals surface area contributed by atoms with Crippen LogP contribution in [0, 0.1) is 6.92 Å². The lowest BCUT2D eigenvalue weighted by Gasteiger charge is -1.94. The van der Waals surface area contributed by atoms with Crippen LogP contribution < -0.4 is 0 Å². The Morgan fingerprint density at radius 1 is 1.15 bits per heavy atom. The third kappa shape index (κ3) is 1.87. The Labute approximate surface area is 128 Å². The molecular formula is C16H11BrN2S. The van der Waals surface area contributed by atoms with Crippen molar-refractivity contribution in [1.82, 2.24) is 9.97 Å². The van der Waals surface area contributed by atoms with Crippen molar-refractivity contribution in [3.8, 4) is 10.7 Å². The number of aryl methyl sites for hydroxylation is 1. The molecule has 2 heterocycles. The monoisotopic (exact) mass is 342 g/mol. The van der Waals surface area contributed by atoms with Gasteiger partial charge < -0.3 is 4.98 Å². The standard InChI is InChI=1S/C16H11BrN2S/c1-9-6-11(17)8-12-15(9)19-16(18-12)14-7-10-4-2-3-5-13(10)20-14/h2-8H,1H3,(H,18,19). The van der Waals surface area contributed by atoms with Crippen LogP contribution in [-0.4, -0.2) is 9.97 Å². The van der Waals surface area contributed by atoms with Crippen molar-refractivity contribution in [3.05, 3.63) is 52.5 Å². The molecule has 0 atom stereocenters. The van der Waals surface area contributed by atoms with Crippen LogP contribution in [0.1, 0.15) is 5.56 Å². The number of benzene rings is 2. The first-order chi connectivity index (χ1) is 9.70. The fourth-order valence-corrected chi connectivity index (χ4v) is 4.04. The summed E-state index contributed by atoms with van der Waals surface area (Å²) in [7, 11) is 0. The number of H-pyrrole nitrogens is 1. The van der Waals surface area contributed by atoms with Crippen molar-refractivity contribution in [1.29, 1.82) is 0 Å².